The molecule has 0 saturated heterocycles. The number of benzene rings is 1. The zero-order chi connectivity index (χ0) is 11.5. The first-order chi connectivity index (χ1) is 6.98. The van der Waals surface area contributed by atoms with E-state index in [2.05, 4.69) is 0 Å². The lowest BCUT2D eigenvalue weighted by Gasteiger charge is -2.31. The first-order valence-electron chi connectivity index (χ1n) is 5.15. The molecule has 0 aliphatic carbocycles. The molecule has 3 heteroatoms. The first-order valence-corrected chi connectivity index (χ1v) is 5.52. The topological polar surface area (TPSA) is 46.2 Å². The van der Waals surface area contributed by atoms with Gasteiger partial charge in [-0.2, -0.15) is 0 Å². The van der Waals surface area contributed by atoms with Crippen molar-refractivity contribution in [1.29, 1.82) is 0 Å². The van der Waals surface area contributed by atoms with Crippen molar-refractivity contribution in [3.05, 3.63) is 34.9 Å². The monoisotopic (exact) mass is 227 g/mol. The van der Waals surface area contributed by atoms with Crippen molar-refractivity contribution in [2.75, 3.05) is 6.54 Å². The Hall–Kier alpha value is -0.570. The van der Waals surface area contributed by atoms with Gasteiger partial charge in [-0.05, 0) is 23.6 Å². The smallest absolute Gasteiger partial charge is 0.0832 e. The van der Waals surface area contributed by atoms with Crippen LogP contribution in [0.25, 0.3) is 0 Å². The van der Waals surface area contributed by atoms with E-state index >= 15 is 0 Å². The molecule has 0 heterocycles. The van der Waals surface area contributed by atoms with Crippen LogP contribution >= 0.6 is 11.6 Å². The Morgan fingerprint density at radius 3 is 2.60 bits per heavy atom. The van der Waals surface area contributed by atoms with Gasteiger partial charge in [-0.1, -0.05) is 37.6 Å². The number of aliphatic hydroxyl groups is 1. The summed E-state index contributed by atoms with van der Waals surface area (Å²) in [6, 6.07) is 7.52. The summed E-state index contributed by atoms with van der Waals surface area (Å²) in [7, 11) is 0. The van der Waals surface area contributed by atoms with Gasteiger partial charge in [0.2, 0.25) is 0 Å². The van der Waals surface area contributed by atoms with Crippen LogP contribution in [-0.2, 0) is 6.42 Å². The van der Waals surface area contributed by atoms with Crippen molar-refractivity contribution in [1.82, 2.24) is 0 Å². The maximum Gasteiger partial charge on any atom is 0.0832 e. The second-order valence-electron chi connectivity index (χ2n) is 4.27. The predicted octanol–water partition coefficient (Wildman–Crippen LogP) is 2.23. The number of hydrogen-bond acceptors (Lipinski definition) is 2. The highest BCUT2D eigenvalue weighted by Crippen LogP contribution is 2.22. The maximum atomic E-state index is 10.3. The van der Waals surface area contributed by atoms with Crippen molar-refractivity contribution in [3.8, 4) is 0 Å². The van der Waals surface area contributed by atoms with Crippen LogP contribution in [0.3, 0.4) is 0 Å². The quantitative estimate of drug-likeness (QED) is 0.829. The van der Waals surface area contributed by atoms with Gasteiger partial charge in [-0.3, -0.25) is 0 Å². The highest BCUT2D eigenvalue weighted by molar-refractivity contribution is 6.30. The van der Waals surface area contributed by atoms with Gasteiger partial charge >= 0.3 is 0 Å². The van der Waals surface area contributed by atoms with Crippen LogP contribution < -0.4 is 5.73 Å². The maximum absolute atomic E-state index is 10.3. The van der Waals surface area contributed by atoms with Crippen LogP contribution in [-0.4, -0.2) is 17.3 Å². The van der Waals surface area contributed by atoms with E-state index in [0.717, 1.165) is 5.56 Å². The fourth-order valence-corrected chi connectivity index (χ4v) is 1.73. The zero-order valence-corrected chi connectivity index (χ0v) is 9.96. The van der Waals surface area contributed by atoms with E-state index in [4.69, 9.17) is 17.3 Å². The molecule has 1 atom stereocenters. The Morgan fingerprint density at radius 2 is 2.13 bits per heavy atom. The van der Waals surface area contributed by atoms with Crippen molar-refractivity contribution in [3.63, 3.8) is 0 Å². The van der Waals surface area contributed by atoms with Gasteiger partial charge in [0.25, 0.3) is 0 Å². The minimum absolute atomic E-state index is 0.126. The third-order valence-corrected chi connectivity index (χ3v) is 3.06. The molecule has 3 N–H and O–H groups in total. The highest BCUT2D eigenvalue weighted by atomic mass is 35.5. The number of rotatable bonds is 4. The molecular weight excluding hydrogens is 210 g/mol. The summed E-state index contributed by atoms with van der Waals surface area (Å²) in [4.78, 5) is 0. The Kier molecular flexibility index (Phi) is 4.14. The molecule has 15 heavy (non-hydrogen) atoms. The Bertz CT molecular complexity index is 327. The van der Waals surface area contributed by atoms with E-state index < -0.39 is 5.60 Å². The van der Waals surface area contributed by atoms with Gasteiger partial charge in [0.05, 0.1) is 5.60 Å². The van der Waals surface area contributed by atoms with Gasteiger partial charge in [-0.15, -0.1) is 0 Å². The SMILES string of the molecule is CC(C)C(O)(CN)Cc1cccc(Cl)c1. The van der Waals surface area contributed by atoms with E-state index in [9.17, 15) is 5.11 Å². The second kappa shape index (κ2) is 4.97. The molecule has 0 aliphatic heterocycles. The molecule has 0 spiro atoms. The molecule has 0 saturated carbocycles. The van der Waals surface area contributed by atoms with Gasteiger partial charge in [0.1, 0.15) is 0 Å². The minimum Gasteiger partial charge on any atom is -0.388 e. The Labute approximate surface area is 96.1 Å². The van der Waals surface area contributed by atoms with E-state index in [1.165, 1.54) is 0 Å². The fraction of sp³-hybridized carbons (Fsp3) is 0.500. The van der Waals surface area contributed by atoms with Crippen LogP contribution in [0.4, 0.5) is 0 Å². The summed E-state index contributed by atoms with van der Waals surface area (Å²) in [5, 5.41) is 11.0. The predicted molar refractivity (Wildman–Crippen MR) is 64.0 cm³/mol. The van der Waals surface area contributed by atoms with Crippen LogP contribution in [0.15, 0.2) is 24.3 Å². The summed E-state index contributed by atoms with van der Waals surface area (Å²) in [5.74, 6) is 0.126. The molecule has 0 radical (unpaired) electrons. The van der Waals surface area contributed by atoms with Crippen LogP contribution in [0.5, 0.6) is 0 Å². The molecule has 0 bridgehead atoms. The lowest BCUT2D eigenvalue weighted by atomic mass is 9.84. The van der Waals surface area contributed by atoms with E-state index in [1.54, 1.807) is 0 Å². The third-order valence-electron chi connectivity index (χ3n) is 2.83. The highest BCUT2D eigenvalue weighted by Gasteiger charge is 2.29. The molecule has 0 fully saturated rings. The average molecular weight is 228 g/mol. The summed E-state index contributed by atoms with van der Waals surface area (Å²) in [5.41, 5.74) is 5.79. The molecule has 0 amide bonds. The molecule has 84 valence electrons. The largest absolute Gasteiger partial charge is 0.388 e. The fourth-order valence-electron chi connectivity index (χ4n) is 1.51. The van der Waals surface area contributed by atoms with Gasteiger partial charge < -0.3 is 10.8 Å². The number of halogens is 1. The van der Waals surface area contributed by atoms with Crippen LogP contribution in [0, 0.1) is 5.92 Å². The number of hydrogen-bond donors (Lipinski definition) is 2. The van der Waals surface area contributed by atoms with E-state index in [-0.39, 0.29) is 12.5 Å². The Balaban J connectivity index is 2.84. The molecule has 1 rings (SSSR count). The molecule has 1 aromatic rings. The first kappa shape index (κ1) is 12.5. The lowest BCUT2D eigenvalue weighted by molar-refractivity contribution is 0.00408. The molecular formula is C12H18ClNO. The van der Waals surface area contributed by atoms with Gasteiger partial charge in [-0.25, -0.2) is 0 Å². The minimum atomic E-state index is -0.843. The summed E-state index contributed by atoms with van der Waals surface area (Å²) < 4.78 is 0. The lowest BCUT2D eigenvalue weighted by Crippen LogP contribution is -2.44. The van der Waals surface area contributed by atoms with Crippen molar-refractivity contribution < 1.29 is 5.11 Å². The summed E-state index contributed by atoms with van der Waals surface area (Å²) in [6.45, 7) is 4.20. The molecule has 1 aromatic carbocycles. The Morgan fingerprint density at radius 1 is 1.47 bits per heavy atom. The molecule has 0 aromatic heterocycles. The molecule has 0 aliphatic rings. The summed E-state index contributed by atoms with van der Waals surface area (Å²) >= 11 is 5.88. The van der Waals surface area contributed by atoms with Crippen LogP contribution in [0.1, 0.15) is 19.4 Å². The molecule has 2 nitrogen and oxygen atoms in total. The van der Waals surface area contributed by atoms with E-state index in [0.29, 0.717) is 11.4 Å². The van der Waals surface area contributed by atoms with Crippen molar-refractivity contribution in [2.45, 2.75) is 25.9 Å². The van der Waals surface area contributed by atoms with Crippen LogP contribution in [0.2, 0.25) is 5.02 Å². The van der Waals surface area contributed by atoms with Crippen molar-refractivity contribution >= 4 is 11.6 Å². The van der Waals surface area contributed by atoms with Gasteiger partial charge in [0.15, 0.2) is 0 Å². The van der Waals surface area contributed by atoms with Crippen molar-refractivity contribution in [2.24, 2.45) is 11.7 Å². The average Bonchev–Trinajstić information content (AvgIpc) is 2.17. The third kappa shape index (κ3) is 3.20. The standard InChI is InChI=1S/C12H18ClNO/c1-9(2)12(15,8-14)7-10-4-3-5-11(13)6-10/h3-6,9,15H,7-8,14H2,1-2H3. The van der Waals surface area contributed by atoms with Gasteiger partial charge in [0, 0.05) is 18.0 Å². The second-order valence-corrected chi connectivity index (χ2v) is 4.71. The zero-order valence-electron chi connectivity index (χ0n) is 9.20. The molecule has 1 unspecified atom stereocenters. The number of nitrogens with two attached hydrogens (primary N) is 1. The summed E-state index contributed by atoms with van der Waals surface area (Å²) in [6.07, 6.45) is 0.543. The van der Waals surface area contributed by atoms with E-state index in [1.807, 2.05) is 38.1 Å². The normalized spacial score (nSPS) is 15.3.